The van der Waals surface area contributed by atoms with Crippen molar-refractivity contribution in [2.75, 3.05) is 19.0 Å². The minimum Gasteiger partial charge on any atom is -0.497 e. The highest BCUT2D eigenvalue weighted by atomic mass is 127. The van der Waals surface area contributed by atoms with E-state index < -0.39 is 6.10 Å². The van der Waals surface area contributed by atoms with Crippen LogP contribution in [0.2, 0.25) is 0 Å². The number of hydrogen-bond acceptors (Lipinski definition) is 3. The molecule has 0 spiro atoms. The highest BCUT2D eigenvalue weighted by Crippen LogP contribution is 2.31. The molecule has 0 saturated heterocycles. The third kappa shape index (κ3) is 4.08. The van der Waals surface area contributed by atoms with Gasteiger partial charge in [0, 0.05) is 41.2 Å². The van der Waals surface area contributed by atoms with Gasteiger partial charge in [-0.25, -0.2) is 0 Å². The molecule has 1 heterocycles. The summed E-state index contributed by atoms with van der Waals surface area (Å²) < 4.78 is 9.83. The Hall–Kier alpha value is -1.52. The number of nitrogens with one attached hydrogen (secondary N) is 1. The van der Waals surface area contributed by atoms with Gasteiger partial charge >= 0.3 is 0 Å². The van der Waals surface area contributed by atoms with Crippen molar-refractivity contribution in [3.05, 3.63) is 67.8 Å². The third-order valence-corrected chi connectivity index (χ3v) is 6.16. The number of aliphatic hydroxyl groups is 1. The second kappa shape index (κ2) is 8.46. The number of halogens is 2. The third-order valence-electron chi connectivity index (χ3n) is 4.81. The van der Waals surface area contributed by atoms with Crippen LogP contribution in [0, 0.1) is 7.14 Å². The van der Waals surface area contributed by atoms with Gasteiger partial charge in [-0.05, 0) is 106 Å². The van der Waals surface area contributed by atoms with Gasteiger partial charge in [-0.1, -0.05) is 0 Å². The zero-order chi connectivity index (χ0) is 19.7. The standard InChI is InChI=1S/C22H20I2N2O2/c1-28-18-6-4-16(5-7-18)25-12-17(27)13-26-21-8-2-14(23)10-19(21)20-11-15(24)3-9-22(20)26/h2-11,17,25,27H,12-13H2,1H3. The Morgan fingerprint density at radius 2 is 1.50 bits per heavy atom. The normalized spacial score (nSPS) is 12.4. The summed E-state index contributed by atoms with van der Waals surface area (Å²) in [5, 5.41) is 16.5. The van der Waals surface area contributed by atoms with E-state index in [9.17, 15) is 5.11 Å². The summed E-state index contributed by atoms with van der Waals surface area (Å²) in [4.78, 5) is 0. The molecule has 4 aromatic rings. The predicted molar refractivity (Wildman–Crippen MR) is 132 cm³/mol. The predicted octanol–water partition coefficient (Wildman–Crippen LogP) is 5.49. The van der Waals surface area contributed by atoms with E-state index in [0.29, 0.717) is 13.1 Å². The molecule has 6 heteroatoms. The number of aromatic nitrogens is 1. The van der Waals surface area contributed by atoms with E-state index in [2.05, 4.69) is 91.5 Å². The lowest BCUT2D eigenvalue weighted by Crippen LogP contribution is -2.24. The molecule has 1 aromatic heterocycles. The molecule has 2 N–H and O–H groups in total. The molecule has 1 atom stereocenters. The number of nitrogens with zero attached hydrogens (tertiary/aromatic N) is 1. The second-order valence-corrected chi connectivity index (χ2v) is 9.19. The number of fused-ring (bicyclic) bond motifs is 3. The topological polar surface area (TPSA) is 46.4 Å². The Labute approximate surface area is 191 Å². The largest absolute Gasteiger partial charge is 0.497 e. The van der Waals surface area contributed by atoms with E-state index in [0.717, 1.165) is 22.5 Å². The van der Waals surface area contributed by atoms with Gasteiger partial charge in [-0.2, -0.15) is 0 Å². The average Bonchev–Trinajstić information content (AvgIpc) is 2.99. The number of benzene rings is 3. The lowest BCUT2D eigenvalue weighted by Gasteiger charge is -2.16. The summed E-state index contributed by atoms with van der Waals surface area (Å²) in [5.74, 6) is 0.820. The molecule has 0 fully saturated rings. The molecule has 0 aliphatic carbocycles. The molecule has 0 aliphatic rings. The van der Waals surface area contributed by atoms with E-state index in [1.54, 1.807) is 7.11 Å². The Kier molecular flexibility index (Phi) is 5.98. The van der Waals surface area contributed by atoms with Crippen molar-refractivity contribution in [2.24, 2.45) is 0 Å². The van der Waals surface area contributed by atoms with Gasteiger partial charge in [-0.3, -0.25) is 0 Å². The fraction of sp³-hybridized carbons (Fsp3) is 0.182. The summed E-state index contributed by atoms with van der Waals surface area (Å²) in [6.07, 6.45) is -0.514. The van der Waals surface area contributed by atoms with Crippen molar-refractivity contribution in [1.29, 1.82) is 0 Å². The van der Waals surface area contributed by atoms with Crippen LogP contribution in [0.1, 0.15) is 0 Å². The first-order valence-corrected chi connectivity index (χ1v) is 11.1. The van der Waals surface area contributed by atoms with Crippen LogP contribution in [0.3, 0.4) is 0 Å². The number of anilines is 1. The van der Waals surface area contributed by atoms with Crippen LogP contribution in [-0.2, 0) is 6.54 Å². The van der Waals surface area contributed by atoms with Gasteiger partial charge in [-0.15, -0.1) is 0 Å². The van der Waals surface area contributed by atoms with Crippen molar-refractivity contribution >= 4 is 72.7 Å². The fourth-order valence-electron chi connectivity index (χ4n) is 3.47. The zero-order valence-electron chi connectivity index (χ0n) is 15.3. The van der Waals surface area contributed by atoms with Crippen molar-refractivity contribution in [2.45, 2.75) is 12.6 Å². The van der Waals surface area contributed by atoms with Gasteiger partial charge in [0.2, 0.25) is 0 Å². The molecule has 0 saturated carbocycles. The molecule has 0 aliphatic heterocycles. The van der Waals surface area contributed by atoms with Crippen molar-refractivity contribution in [3.63, 3.8) is 0 Å². The molecule has 0 bridgehead atoms. The summed E-state index contributed by atoms with van der Waals surface area (Å²) in [7, 11) is 1.65. The number of ether oxygens (including phenoxy) is 1. The first-order valence-electron chi connectivity index (χ1n) is 8.98. The van der Waals surface area contributed by atoms with Crippen LogP contribution in [0.5, 0.6) is 5.75 Å². The number of rotatable bonds is 6. The molecule has 3 aromatic carbocycles. The quantitative estimate of drug-likeness (QED) is 0.289. The summed E-state index contributed by atoms with van der Waals surface area (Å²) >= 11 is 4.70. The van der Waals surface area contributed by atoms with Crippen LogP contribution < -0.4 is 10.1 Å². The summed E-state index contributed by atoms with van der Waals surface area (Å²) in [5.41, 5.74) is 3.27. The monoisotopic (exact) mass is 598 g/mol. The molecule has 144 valence electrons. The Bertz CT molecular complexity index is 1060. The van der Waals surface area contributed by atoms with E-state index >= 15 is 0 Å². The van der Waals surface area contributed by atoms with Crippen LogP contribution >= 0.6 is 45.2 Å². The Morgan fingerprint density at radius 3 is 2.04 bits per heavy atom. The lowest BCUT2D eigenvalue weighted by molar-refractivity contribution is 0.169. The molecular weight excluding hydrogens is 578 g/mol. The van der Waals surface area contributed by atoms with Crippen LogP contribution in [0.4, 0.5) is 5.69 Å². The molecular formula is C22H20I2N2O2. The first kappa shape index (κ1) is 19.8. The zero-order valence-corrected chi connectivity index (χ0v) is 19.6. The molecule has 28 heavy (non-hydrogen) atoms. The average molecular weight is 598 g/mol. The van der Waals surface area contributed by atoms with Crippen LogP contribution in [-0.4, -0.2) is 29.4 Å². The molecule has 0 radical (unpaired) electrons. The van der Waals surface area contributed by atoms with Gasteiger partial charge in [0.05, 0.1) is 19.8 Å². The van der Waals surface area contributed by atoms with E-state index in [4.69, 9.17) is 4.74 Å². The van der Waals surface area contributed by atoms with E-state index in [-0.39, 0.29) is 0 Å². The van der Waals surface area contributed by atoms with Crippen LogP contribution in [0.15, 0.2) is 60.7 Å². The maximum absolute atomic E-state index is 10.7. The Balaban J connectivity index is 1.59. The minimum atomic E-state index is -0.514. The molecule has 0 amide bonds. The minimum absolute atomic E-state index is 0.474. The molecule has 4 rings (SSSR count). The summed E-state index contributed by atoms with van der Waals surface area (Å²) in [6.45, 7) is 1.01. The second-order valence-electron chi connectivity index (χ2n) is 6.70. The number of aliphatic hydroxyl groups excluding tert-OH is 1. The van der Waals surface area contributed by atoms with Crippen LogP contribution in [0.25, 0.3) is 21.8 Å². The smallest absolute Gasteiger partial charge is 0.119 e. The highest BCUT2D eigenvalue weighted by Gasteiger charge is 2.14. The summed E-state index contributed by atoms with van der Waals surface area (Å²) in [6, 6.07) is 20.7. The van der Waals surface area contributed by atoms with Crippen molar-refractivity contribution in [3.8, 4) is 5.75 Å². The van der Waals surface area contributed by atoms with Crippen molar-refractivity contribution in [1.82, 2.24) is 4.57 Å². The van der Waals surface area contributed by atoms with Gasteiger partial charge in [0.1, 0.15) is 5.75 Å². The number of hydrogen-bond donors (Lipinski definition) is 2. The van der Waals surface area contributed by atoms with Gasteiger partial charge in [0.25, 0.3) is 0 Å². The lowest BCUT2D eigenvalue weighted by atomic mass is 10.2. The highest BCUT2D eigenvalue weighted by molar-refractivity contribution is 14.1. The van der Waals surface area contributed by atoms with E-state index in [1.165, 1.54) is 17.9 Å². The number of methoxy groups -OCH3 is 1. The van der Waals surface area contributed by atoms with Gasteiger partial charge in [0.15, 0.2) is 0 Å². The van der Waals surface area contributed by atoms with E-state index in [1.807, 2.05) is 24.3 Å². The van der Waals surface area contributed by atoms with Crippen molar-refractivity contribution < 1.29 is 9.84 Å². The van der Waals surface area contributed by atoms with Gasteiger partial charge < -0.3 is 19.7 Å². The molecule has 1 unspecified atom stereocenters. The fourth-order valence-corrected chi connectivity index (χ4v) is 4.45. The first-order chi connectivity index (χ1) is 13.5. The SMILES string of the molecule is COc1ccc(NCC(O)Cn2c3ccc(I)cc3c3cc(I)ccc32)cc1. The Morgan fingerprint density at radius 1 is 0.929 bits per heavy atom. The maximum Gasteiger partial charge on any atom is 0.119 e. The maximum atomic E-state index is 10.7. The molecule has 4 nitrogen and oxygen atoms in total.